The van der Waals surface area contributed by atoms with Crippen molar-refractivity contribution in [2.45, 2.75) is 116 Å². The molecule has 0 fully saturated rings. The molecule has 24 heavy (non-hydrogen) atoms. The molecule has 1 aliphatic heterocycles. The van der Waals surface area contributed by atoms with Crippen molar-refractivity contribution >= 4 is 0 Å². The molecule has 0 bridgehead atoms. The summed E-state index contributed by atoms with van der Waals surface area (Å²) in [6.45, 7) is 5.83. The maximum Gasteiger partial charge on any atom is 0.100 e. The molecule has 0 saturated carbocycles. The van der Waals surface area contributed by atoms with E-state index in [1.165, 1.54) is 103 Å². The molecule has 0 amide bonds. The predicted octanol–water partition coefficient (Wildman–Crippen LogP) is 6.92. The van der Waals surface area contributed by atoms with E-state index in [1.807, 2.05) is 0 Å². The van der Waals surface area contributed by atoms with Crippen molar-refractivity contribution in [3.63, 3.8) is 0 Å². The van der Waals surface area contributed by atoms with Crippen molar-refractivity contribution in [3.8, 4) is 0 Å². The third-order valence-electron chi connectivity index (χ3n) is 5.43. The summed E-state index contributed by atoms with van der Waals surface area (Å²) in [5, 5.41) is 0. The Morgan fingerprint density at radius 3 is 1.71 bits per heavy atom. The first kappa shape index (κ1) is 21.4. The van der Waals surface area contributed by atoms with Crippen LogP contribution in [0.25, 0.3) is 0 Å². The highest BCUT2D eigenvalue weighted by atomic mass is 15.4. The molecule has 0 radical (unpaired) electrons. The number of hydrogen-bond acceptors (Lipinski definition) is 2. The summed E-state index contributed by atoms with van der Waals surface area (Å²) in [6, 6.07) is 0. The SMILES string of the molecule is CCCCCCCCCCCCN1C=CN(C)C1CCCCCC. The standard InChI is InChI=1S/C22H44N2/c1-4-6-8-10-11-12-13-14-15-17-19-24-21-20-23(3)22(24)18-16-9-7-5-2/h20-22H,4-19H2,1-3H3. The van der Waals surface area contributed by atoms with Gasteiger partial charge in [-0.2, -0.15) is 0 Å². The van der Waals surface area contributed by atoms with E-state index in [9.17, 15) is 0 Å². The van der Waals surface area contributed by atoms with Crippen molar-refractivity contribution in [1.29, 1.82) is 0 Å². The third kappa shape index (κ3) is 9.59. The minimum absolute atomic E-state index is 0.625. The Bertz CT molecular complexity index is 300. The lowest BCUT2D eigenvalue weighted by molar-refractivity contribution is 0.159. The molecule has 2 heteroatoms. The number of nitrogens with zero attached hydrogens (tertiary/aromatic N) is 2. The van der Waals surface area contributed by atoms with Crippen molar-refractivity contribution < 1.29 is 0 Å². The van der Waals surface area contributed by atoms with Gasteiger partial charge in [0.15, 0.2) is 0 Å². The molecular weight excluding hydrogens is 292 g/mol. The van der Waals surface area contributed by atoms with Gasteiger partial charge in [-0.25, -0.2) is 0 Å². The summed E-state index contributed by atoms with van der Waals surface area (Å²) in [7, 11) is 2.24. The Morgan fingerprint density at radius 1 is 0.625 bits per heavy atom. The summed E-state index contributed by atoms with van der Waals surface area (Å²) < 4.78 is 0. The lowest BCUT2D eigenvalue weighted by Gasteiger charge is -2.30. The van der Waals surface area contributed by atoms with Crippen LogP contribution in [-0.4, -0.2) is 29.6 Å². The molecule has 142 valence electrons. The Balaban J connectivity index is 1.99. The smallest absolute Gasteiger partial charge is 0.100 e. The molecule has 0 spiro atoms. The summed E-state index contributed by atoms with van der Waals surface area (Å²) >= 11 is 0. The molecular formula is C22H44N2. The highest BCUT2D eigenvalue weighted by Gasteiger charge is 2.22. The van der Waals surface area contributed by atoms with Crippen LogP contribution in [0.1, 0.15) is 110 Å². The fraction of sp³-hybridized carbons (Fsp3) is 0.909. The van der Waals surface area contributed by atoms with Crippen LogP contribution in [0.3, 0.4) is 0 Å². The molecule has 0 N–H and O–H groups in total. The molecule has 1 rings (SSSR count). The second-order valence-corrected chi connectivity index (χ2v) is 7.71. The average Bonchev–Trinajstić information content (AvgIpc) is 2.93. The van der Waals surface area contributed by atoms with Crippen molar-refractivity contribution in [3.05, 3.63) is 12.4 Å². The van der Waals surface area contributed by atoms with E-state index in [4.69, 9.17) is 0 Å². The zero-order valence-electron chi connectivity index (χ0n) is 16.9. The Labute approximate surface area is 152 Å². The Hall–Kier alpha value is -0.660. The van der Waals surface area contributed by atoms with Crippen LogP contribution >= 0.6 is 0 Å². The molecule has 1 unspecified atom stereocenters. The summed E-state index contributed by atoms with van der Waals surface area (Å²) in [4.78, 5) is 4.99. The van der Waals surface area contributed by atoms with E-state index in [-0.39, 0.29) is 0 Å². The fourth-order valence-corrected chi connectivity index (χ4v) is 3.75. The van der Waals surface area contributed by atoms with Gasteiger partial charge in [0.05, 0.1) is 0 Å². The van der Waals surface area contributed by atoms with E-state index in [1.54, 1.807) is 0 Å². The van der Waals surface area contributed by atoms with Gasteiger partial charge >= 0.3 is 0 Å². The minimum atomic E-state index is 0.625. The fourth-order valence-electron chi connectivity index (χ4n) is 3.75. The van der Waals surface area contributed by atoms with Gasteiger partial charge in [-0.3, -0.25) is 0 Å². The van der Waals surface area contributed by atoms with Gasteiger partial charge in [0.25, 0.3) is 0 Å². The van der Waals surface area contributed by atoms with E-state index < -0.39 is 0 Å². The second kappa shape index (κ2) is 14.7. The second-order valence-electron chi connectivity index (χ2n) is 7.71. The molecule has 1 heterocycles. The highest BCUT2D eigenvalue weighted by Crippen LogP contribution is 2.21. The zero-order valence-corrected chi connectivity index (χ0v) is 16.9. The zero-order chi connectivity index (χ0) is 17.5. The molecule has 0 saturated heterocycles. The number of hydrogen-bond donors (Lipinski definition) is 0. The molecule has 1 aliphatic rings. The van der Waals surface area contributed by atoms with E-state index in [0.717, 1.165) is 0 Å². The van der Waals surface area contributed by atoms with Crippen molar-refractivity contribution in [2.75, 3.05) is 13.6 Å². The first-order valence-electron chi connectivity index (χ1n) is 11.0. The van der Waals surface area contributed by atoms with Crippen LogP contribution in [0.15, 0.2) is 12.4 Å². The van der Waals surface area contributed by atoms with Crippen LogP contribution in [-0.2, 0) is 0 Å². The van der Waals surface area contributed by atoms with Crippen LogP contribution in [0, 0.1) is 0 Å². The van der Waals surface area contributed by atoms with Crippen molar-refractivity contribution in [2.24, 2.45) is 0 Å². The lowest BCUT2D eigenvalue weighted by Crippen LogP contribution is -2.37. The maximum absolute atomic E-state index is 2.58. The monoisotopic (exact) mass is 336 g/mol. The van der Waals surface area contributed by atoms with Gasteiger partial charge in [-0.1, -0.05) is 90.9 Å². The van der Waals surface area contributed by atoms with Gasteiger partial charge in [0.2, 0.25) is 0 Å². The first-order valence-corrected chi connectivity index (χ1v) is 11.0. The largest absolute Gasteiger partial charge is 0.359 e. The molecule has 2 nitrogen and oxygen atoms in total. The highest BCUT2D eigenvalue weighted by molar-refractivity contribution is 4.95. The molecule has 0 aromatic carbocycles. The molecule has 1 atom stereocenters. The summed E-state index contributed by atoms with van der Waals surface area (Å²) in [5.41, 5.74) is 0. The number of unbranched alkanes of at least 4 members (excludes halogenated alkanes) is 12. The van der Waals surface area contributed by atoms with Crippen LogP contribution in [0.4, 0.5) is 0 Å². The van der Waals surface area contributed by atoms with Crippen molar-refractivity contribution in [1.82, 2.24) is 9.80 Å². The third-order valence-corrected chi connectivity index (χ3v) is 5.43. The predicted molar refractivity (Wildman–Crippen MR) is 108 cm³/mol. The quantitative estimate of drug-likeness (QED) is 0.282. The van der Waals surface area contributed by atoms with Crippen LogP contribution in [0.2, 0.25) is 0 Å². The summed E-state index contributed by atoms with van der Waals surface area (Å²) in [5.74, 6) is 0. The molecule has 0 aromatic rings. The lowest BCUT2D eigenvalue weighted by atomic mass is 10.1. The van der Waals surface area contributed by atoms with E-state index >= 15 is 0 Å². The number of rotatable bonds is 16. The van der Waals surface area contributed by atoms with Crippen LogP contribution < -0.4 is 0 Å². The normalized spacial score (nSPS) is 17.2. The Morgan fingerprint density at radius 2 is 1.12 bits per heavy atom. The molecule has 0 aliphatic carbocycles. The van der Waals surface area contributed by atoms with Gasteiger partial charge < -0.3 is 9.80 Å². The van der Waals surface area contributed by atoms with Gasteiger partial charge in [0.1, 0.15) is 6.17 Å². The van der Waals surface area contributed by atoms with Gasteiger partial charge in [-0.15, -0.1) is 0 Å². The van der Waals surface area contributed by atoms with E-state index in [0.29, 0.717) is 6.17 Å². The maximum atomic E-state index is 2.58. The van der Waals surface area contributed by atoms with Gasteiger partial charge in [-0.05, 0) is 19.3 Å². The first-order chi connectivity index (χ1) is 11.8. The van der Waals surface area contributed by atoms with Gasteiger partial charge in [0, 0.05) is 26.0 Å². The van der Waals surface area contributed by atoms with Crippen LogP contribution in [0.5, 0.6) is 0 Å². The minimum Gasteiger partial charge on any atom is -0.359 e. The summed E-state index contributed by atoms with van der Waals surface area (Å²) in [6.07, 6.45) is 26.3. The topological polar surface area (TPSA) is 6.48 Å². The molecule has 0 aromatic heterocycles. The van der Waals surface area contributed by atoms with E-state index in [2.05, 4.69) is 43.1 Å². The average molecular weight is 337 g/mol. The Kier molecular flexibility index (Phi) is 13.1.